The van der Waals surface area contributed by atoms with Gasteiger partial charge in [-0.15, -0.1) is 0 Å². The van der Waals surface area contributed by atoms with Gasteiger partial charge in [-0.25, -0.2) is 0 Å². The molecule has 0 bridgehead atoms. The Morgan fingerprint density at radius 2 is 1.89 bits per heavy atom. The van der Waals surface area contributed by atoms with Crippen molar-refractivity contribution in [2.24, 2.45) is 11.1 Å². The van der Waals surface area contributed by atoms with Crippen molar-refractivity contribution in [3.05, 3.63) is 0 Å². The first-order valence-corrected chi connectivity index (χ1v) is 7.88. The summed E-state index contributed by atoms with van der Waals surface area (Å²) in [5, 5.41) is 0. The van der Waals surface area contributed by atoms with Crippen molar-refractivity contribution in [1.82, 2.24) is 9.80 Å². The van der Waals surface area contributed by atoms with Crippen LogP contribution in [0.2, 0.25) is 0 Å². The quantitative estimate of drug-likeness (QED) is 0.771. The highest BCUT2D eigenvalue weighted by Crippen LogP contribution is 2.43. The molecule has 0 aromatic rings. The van der Waals surface area contributed by atoms with Crippen LogP contribution in [0, 0.1) is 5.41 Å². The van der Waals surface area contributed by atoms with Crippen LogP contribution in [0.3, 0.4) is 0 Å². The molecular formula is C14H23N3OS. The lowest BCUT2D eigenvalue weighted by Crippen LogP contribution is -2.55. The molecule has 3 aliphatic rings. The molecule has 1 unspecified atom stereocenters. The Kier molecular flexibility index (Phi) is 3.52. The fourth-order valence-corrected chi connectivity index (χ4v) is 4.08. The maximum Gasteiger partial charge on any atom is 0.235 e. The molecule has 0 aromatic carbocycles. The second-order valence-electron chi connectivity index (χ2n) is 6.24. The number of amides is 1. The monoisotopic (exact) mass is 281 g/mol. The molecule has 19 heavy (non-hydrogen) atoms. The molecule has 4 nitrogen and oxygen atoms in total. The van der Waals surface area contributed by atoms with Crippen LogP contribution in [0.5, 0.6) is 0 Å². The second kappa shape index (κ2) is 5.02. The molecule has 3 rings (SSSR count). The molecular weight excluding hydrogens is 258 g/mol. The lowest BCUT2D eigenvalue weighted by molar-refractivity contribution is -0.142. The summed E-state index contributed by atoms with van der Waals surface area (Å²) in [5.74, 6) is 0.208. The molecule has 106 valence electrons. The lowest BCUT2D eigenvalue weighted by atomic mass is 9.67. The third-order valence-electron chi connectivity index (χ3n) is 5.18. The Morgan fingerprint density at radius 3 is 2.53 bits per heavy atom. The number of carbonyl (C=O) groups is 1. The molecule has 2 aliphatic heterocycles. The summed E-state index contributed by atoms with van der Waals surface area (Å²) in [4.78, 5) is 17.8. The van der Waals surface area contributed by atoms with Crippen LogP contribution in [0.15, 0.2) is 0 Å². The largest absolute Gasteiger partial charge is 0.392 e. The van der Waals surface area contributed by atoms with E-state index in [1.807, 2.05) is 4.90 Å². The van der Waals surface area contributed by atoms with Gasteiger partial charge in [0, 0.05) is 25.7 Å². The Labute approximate surface area is 120 Å². The molecule has 0 spiro atoms. The van der Waals surface area contributed by atoms with Crippen molar-refractivity contribution in [2.75, 3.05) is 26.2 Å². The Balaban J connectivity index is 1.74. The minimum absolute atomic E-state index is 0.208. The fraction of sp³-hybridized carbons (Fsp3) is 0.857. The standard InChI is InChI=1S/C14H23N3OS/c15-12(19)14(5-2-6-14)13(18)17-9-3-8-16-7-1-4-11(16)10-17/h11H,1-10H2,(H2,15,19). The van der Waals surface area contributed by atoms with E-state index in [0.29, 0.717) is 11.0 Å². The molecule has 0 aromatic heterocycles. The van der Waals surface area contributed by atoms with E-state index in [9.17, 15) is 4.79 Å². The number of rotatable bonds is 2. The van der Waals surface area contributed by atoms with E-state index in [4.69, 9.17) is 18.0 Å². The summed E-state index contributed by atoms with van der Waals surface area (Å²) in [6.07, 6.45) is 6.36. The average Bonchev–Trinajstić information content (AvgIpc) is 2.64. The zero-order chi connectivity index (χ0) is 13.5. The molecule has 1 amide bonds. The molecule has 0 radical (unpaired) electrons. The van der Waals surface area contributed by atoms with Gasteiger partial charge in [0.05, 0.1) is 10.4 Å². The molecule has 5 heteroatoms. The smallest absolute Gasteiger partial charge is 0.235 e. The van der Waals surface area contributed by atoms with Gasteiger partial charge in [0.25, 0.3) is 0 Å². The predicted molar refractivity (Wildman–Crippen MR) is 78.9 cm³/mol. The van der Waals surface area contributed by atoms with Gasteiger partial charge in [-0.2, -0.15) is 0 Å². The Bertz CT molecular complexity index is 394. The summed E-state index contributed by atoms with van der Waals surface area (Å²) in [6.45, 7) is 4.08. The van der Waals surface area contributed by atoms with Gasteiger partial charge in [-0.3, -0.25) is 9.69 Å². The number of fused-ring (bicyclic) bond motifs is 1. The van der Waals surface area contributed by atoms with Crippen LogP contribution >= 0.6 is 12.2 Å². The van der Waals surface area contributed by atoms with E-state index in [2.05, 4.69) is 4.90 Å². The molecule has 1 atom stereocenters. The Hall–Kier alpha value is -0.680. The maximum absolute atomic E-state index is 12.8. The predicted octanol–water partition coefficient (Wildman–Crippen LogP) is 1.14. The summed E-state index contributed by atoms with van der Waals surface area (Å²) < 4.78 is 0. The second-order valence-corrected chi connectivity index (χ2v) is 6.68. The van der Waals surface area contributed by atoms with Gasteiger partial charge in [0.2, 0.25) is 5.91 Å². The molecule has 2 heterocycles. The average molecular weight is 281 g/mol. The first kappa shape index (κ1) is 13.3. The van der Waals surface area contributed by atoms with E-state index in [-0.39, 0.29) is 5.91 Å². The van der Waals surface area contributed by atoms with Gasteiger partial charge in [0.1, 0.15) is 0 Å². The fourth-order valence-electron chi connectivity index (χ4n) is 3.79. The van der Waals surface area contributed by atoms with Crippen molar-refractivity contribution in [1.29, 1.82) is 0 Å². The van der Waals surface area contributed by atoms with Crippen molar-refractivity contribution in [2.45, 2.75) is 44.6 Å². The summed E-state index contributed by atoms with van der Waals surface area (Å²) in [6, 6.07) is 0.565. The van der Waals surface area contributed by atoms with Crippen LogP contribution in [0.1, 0.15) is 38.5 Å². The van der Waals surface area contributed by atoms with Gasteiger partial charge >= 0.3 is 0 Å². The van der Waals surface area contributed by atoms with E-state index in [0.717, 1.165) is 45.3 Å². The number of hydrogen-bond acceptors (Lipinski definition) is 3. The third kappa shape index (κ3) is 2.17. The van der Waals surface area contributed by atoms with E-state index < -0.39 is 5.41 Å². The highest BCUT2D eigenvalue weighted by molar-refractivity contribution is 7.80. The zero-order valence-electron chi connectivity index (χ0n) is 11.4. The van der Waals surface area contributed by atoms with Crippen molar-refractivity contribution < 1.29 is 4.79 Å². The zero-order valence-corrected chi connectivity index (χ0v) is 12.3. The van der Waals surface area contributed by atoms with Crippen LogP contribution in [0.4, 0.5) is 0 Å². The highest BCUT2D eigenvalue weighted by atomic mass is 32.1. The van der Waals surface area contributed by atoms with E-state index in [1.54, 1.807) is 0 Å². The van der Waals surface area contributed by atoms with Crippen molar-refractivity contribution >= 4 is 23.1 Å². The van der Waals surface area contributed by atoms with E-state index in [1.165, 1.54) is 19.4 Å². The third-order valence-corrected chi connectivity index (χ3v) is 5.57. The molecule has 3 fully saturated rings. The van der Waals surface area contributed by atoms with Crippen molar-refractivity contribution in [3.8, 4) is 0 Å². The topological polar surface area (TPSA) is 49.6 Å². The minimum Gasteiger partial charge on any atom is -0.392 e. The number of nitrogens with two attached hydrogens (primary N) is 1. The number of hydrogen-bond donors (Lipinski definition) is 1. The molecule has 1 saturated carbocycles. The lowest BCUT2D eigenvalue weighted by Gasteiger charge is -2.43. The first-order valence-electron chi connectivity index (χ1n) is 7.47. The SMILES string of the molecule is NC(=S)C1(C(=O)N2CCCN3CCCC3C2)CCC1. The van der Waals surface area contributed by atoms with Crippen LogP contribution in [-0.2, 0) is 4.79 Å². The van der Waals surface area contributed by atoms with Crippen LogP contribution in [-0.4, -0.2) is 52.9 Å². The number of carbonyl (C=O) groups excluding carboxylic acids is 1. The van der Waals surface area contributed by atoms with Crippen LogP contribution in [0.25, 0.3) is 0 Å². The minimum atomic E-state index is -0.497. The Morgan fingerprint density at radius 1 is 1.16 bits per heavy atom. The van der Waals surface area contributed by atoms with Gasteiger partial charge < -0.3 is 10.6 Å². The maximum atomic E-state index is 12.8. The normalized spacial score (nSPS) is 30.3. The van der Waals surface area contributed by atoms with Crippen LogP contribution < -0.4 is 5.73 Å². The summed E-state index contributed by atoms with van der Waals surface area (Å²) in [7, 11) is 0. The van der Waals surface area contributed by atoms with E-state index >= 15 is 0 Å². The van der Waals surface area contributed by atoms with Gasteiger partial charge in [-0.05, 0) is 38.6 Å². The summed E-state index contributed by atoms with van der Waals surface area (Å²) >= 11 is 5.17. The molecule has 1 aliphatic carbocycles. The van der Waals surface area contributed by atoms with Crippen molar-refractivity contribution in [3.63, 3.8) is 0 Å². The number of nitrogens with zero attached hydrogens (tertiary/aromatic N) is 2. The number of thiocarbonyl (C=S) groups is 1. The molecule has 2 saturated heterocycles. The summed E-state index contributed by atoms with van der Waals surface area (Å²) in [5.41, 5.74) is 5.36. The molecule has 2 N–H and O–H groups in total. The highest BCUT2D eigenvalue weighted by Gasteiger charge is 2.49. The van der Waals surface area contributed by atoms with Gasteiger partial charge in [0.15, 0.2) is 0 Å². The van der Waals surface area contributed by atoms with Gasteiger partial charge in [-0.1, -0.05) is 18.6 Å². The first-order chi connectivity index (χ1) is 9.13.